The van der Waals surface area contributed by atoms with E-state index in [1.54, 1.807) is 12.1 Å². The number of carbonyl (C=O) groups excluding carboxylic acids is 1. The van der Waals surface area contributed by atoms with E-state index in [1.807, 2.05) is 24.4 Å². The Morgan fingerprint density at radius 2 is 2.10 bits per heavy atom. The third kappa shape index (κ3) is 2.17. The number of hydrogen-bond acceptors (Lipinski definition) is 2. The summed E-state index contributed by atoms with van der Waals surface area (Å²) in [5, 5.41) is 4.12. The molecule has 2 atom stereocenters. The normalized spacial score (nSPS) is 26.8. The van der Waals surface area contributed by atoms with Crippen LogP contribution in [0.1, 0.15) is 37.0 Å². The van der Waals surface area contributed by atoms with Crippen LogP contribution in [0.15, 0.2) is 47.1 Å². The first-order valence-electron chi connectivity index (χ1n) is 7.17. The van der Waals surface area contributed by atoms with E-state index in [0.717, 1.165) is 12.3 Å². The molecule has 3 nitrogen and oxygen atoms in total. The number of nitrogens with one attached hydrogen (secondary N) is 1. The number of amides is 1. The summed E-state index contributed by atoms with van der Waals surface area (Å²) in [7, 11) is 0. The summed E-state index contributed by atoms with van der Waals surface area (Å²) >= 11 is 0. The van der Waals surface area contributed by atoms with Gasteiger partial charge in [-0.05, 0) is 47.8 Å². The lowest BCUT2D eigenvalue weighted by Gasteiger charge is -2.55. The molecule has 0 spiro atoms. The average molecular weight is 268 g/mol. The van der Waals surface area contributed by atoms with Gasteiger partial charge >= 0.3 is 0 Å². The highest BCUT2D eigenvalue weighted by Gasteiger charge is 2.50. The molecule has 4 rings (SSSR count). The minimum absolute atomic E-state index is 0.163. The van der Waals surface area contributed by atoms with Crippen LogP contribution in [-0.2, 0) is 0 Å². The summed E-state index contributed by atoms with van der Waals surface area (Å²) in [5.41, 5.74) is 4.89. The minimum atomic E-state index is -0.163. The quantitative estimate of drug-likeness (QED) is 0.662. The van der Waals surface area contributed by atoms with Crippen LogP contribution in [0.25, 0.3) is 0 Å². The second-order valence-electron chi connectivity index (χ2n) is 6.31. The van der Waals surface area contributed by atoms with Gasteiger partial charge in [-0.3, -0.25) is 4.79 Å². The van der Waals surface area contributed by atoms with Crippen LogP contribution < -0.4 is 5.43 Å². The SMILES string of the molecule is CC1(C)C2CC=C(/C=N/NC(=O)c3ccccc3)C1C2. The third-order valence-electron chi connectivity index (χ3n) is 4.93. The Kier molecular flexibility index (Phi) is 3.20. The molecule has 20 heavy (non-hydrogen) atoms. The van der Waals surface area contributed by atoms with Crippen LogP contribution in [0.4, 0.5) is 0 Å². The Hall–Kier alpha value is -1.90. The lowest BCUT2D eigenvalue weighted by molar-refractivity contribution is -0.00126. The average Bonchev–Trinajstić information content (AvgIpc) is 2.48. The largest absolute Gasteiger partial charge is 0.271 e. The van der Waals surface area contributed by atoms with Crippen molar-refractivity contribution in [2.45, 2.75) is 26.7 Å². The number of allylic oxidation sites excluding steroid dienone is 2. The van der Waals surface area contributed by atoms with E-state index < -0.39 is 0 Å². The molecular formula is C17H20N2O. The van der Waals surface area contributed by atoms with Gasteiger partial charge in [-0.15, -0.1) is 0 Å². The highest BCUT2D eigenvalue weighted by atomic mass is 16.2. The Balaban J connectivity index is 1.62. The monoisotopic (exact) mass is 268 g/mol. The Morgan fingerprint density at radius 1 is 1.35 bits per heavy atom. The summed E-state index contributed by atoms with van der Waals surface area (Å²) in [6, 6.07) is 9.15. The van der Waals surface area contributed by atoms with E-state index in [0.29, 0.717) is 16.9 Å². The first kappa shape index (κ1) is 13.1. The second kappa shape index (κ2) is 4.89. The summed E-state index contributed by atoms with van der Waals surface area (Å²) in [4.78, 5) is 11.9. The van der Waals surface area contributed by atoms with E-state index in [4.69, 9.17) is 0 Å². The Labute approximate surface area is 119 Å². The van der Waals surface area contributed by atoms with Gasteiger partial charge in [0.05, 0.1) is 6.21 Å². The van der Waals surface area contributed by atoms with Gasteiger partial charge in [0, 0.05) is 5.56 Å². The molecule has 2 bridgehead atoms. The second-order valence-corrected chi connectivity index (χ2v) is 6.31. The number of nitrogens with zero attached hydrogens (tertiary/aromatic N) is 1. The molecule has 3 aliphatic carbocycles. The molecule has 2 unspecified atom stereocenters. The van der Waals surface area contributed by atoms with E-state index in [1.165, 1.54) is 12.0 Å². The molecule has 3 aliphatic rings. The van der Waals surface area contributed by atoms with Crippen molar-refractivity contribution in [1.29, 1.82) is 0 Å². The predicted molar refractivity (Wildman–Crippen MR) is 80.5 cm³/mol. The van der Waals surface area contributed by atoms with E-state index in [-0.39, 0.29) is 5.91 Å². The van der Waals surface area contributed by atoms with E-state index in [2.05, 4.69) is 30.5 Å². The lowest BCUT2D eigenvalue weighted by atomic mass is 9.49. The highest BCUT2D eigenvalue weighted by molar-refractivity contribution is 5.94. The maximum atomic E-state index is 11.9. The molecule has 0 heterocycles. The highest BCUT2D eigenvalue weighted by Crippen LogP contribution is 2.58. The van der Waals surface area contributed by atoms with Crippen LogP contribution in [-0.4, -0.2) is 12.1 Å². The maximum absolute atomic E-state index is 11.9. The molecule has 3 heteroatoms. The Bertz CT molecular complexity index is 572. The van der Waals surface area contributed by atoms with Crippen molar-refractivity contribution in [1.82, 2.24) is 5.43 Å². The molecule has 0 radical (unpaired) electrons. The lowest BCUT2D eigenvalue weighted by Crippen LogP contribution is -2.48. The third-order valence-corrected chi connectivity index (χ3v) is 4.93. The molecule has 1 saturated carbocycles. The van der Waals surface area contributed by atoms with Crippen molar-refractivity contribution in [3.8, 4) is 0 Å². The fraction of sp³-hybridized carbons (Fsp3) is 0.412. The van der Waals surface area contributed by atoms with Gasteiger partial charge in [0.25, 0.3) is 5.91 Å². The predicted octanol–water partition coefficient (Wildman–Crippen LogP) is 3.39. The summed E-state index contributed by atoms with van der Waals surface area (Å²) in [6.45, 7) is 4.66. The van der Waals surface area contributed by atoms with Crippen molar-refractivity contribution in [2.24, 2.45) is 22.4 Å². The molecule has 0 aromatic heterocycles. The van der Waals surface area contributed by atoms with Crippen molar-refractivity contribution >= 4 is 12.1 Å². The number of carbonyl (C=O) groups is 1. The van der Waals surface area contributed by atoms with Gasteiger partial charge in [0.1, 0.15) is 0 Å². The molecule has 0 saturated heterocycles. The standard InChI is InChI=1S/C17H20N2O/c1-17(2)14-9-8-13(15(17)10-14)11-18-19-16(20)12-6-4-3-5-7-12/h3-8,11,14-15H,9-10H2,1-2H3,(H,19,20)/b18-11+. The zero-order valence-corrected chi connectivity index (χ0v) is 12.0. The number of fused-ring (bicyclic) bond motifs is 1. The molecule has 1 amide bonds. The van der Waals surface area contributed by atoms with E-state index in [9.17, 15) is 4.79 Å². The van der Waals surface area contributed by atoms with Crippen LogP contribution >= 0.6 is 0 Å². The van der Waals surface area contributed by atoms with Gasteiger partial charge in [-0.2, -0.15) is 5.10 Å². The van der Waals surface area contributed by atoms with Crippen molar-refractivity contribution in [3.05, 3.63) is 47.5 Å². The molecule has 104 valence electrons. The molecule has 1 fully saturated rings. The molecular weight excluding hydrogens is 248 g/mol. The summed E-state index contributed by atoms with van der Waals surface area (Å²) in [6.07, 6.45) is 6.49. The fourth-order valence-electron chi connectivity index (χ4n) is 3.36. The number of hydrogen-bond donors (Lipinski definition) is 1. The zero-order chi connectivity index (χ0) is 14.2. The summed E-state index contributed by atoms with van der Waals surface area (Å²) < 4.78 is 0. The van der Waals surface area contributed by atoms with Crippen molar-refractivity contribution in [2.75, 3.05) is 0 Å². The first-order valence-corrected chi connectivity index (χ1v) is 7.17. The molecule has 1 aromatic rings. The van der Waals surface area contributed by atoms with Gasteiger partial charge in [-0.1, -0.05) is 38.1 Å². The molecule has 1 aromatic carbocycles. The van der Waals surface area contributed by atoms with Crippen LogP contribution in [0.2, 0.25) is 0 Å². The smallest absolute Gasteiger partial charge is 0.267 e. The van der Waals surface area contributed by atoms with Crippen LogP contribution in [0.3, 0.4) is 0 Å². The maximum Gasteiger partial charge on any atom is 0.271 e. The number of hydrazone groups is 1. The van der Waals surface area contributed by atoms with Crippen LogP contribution in [0, 0.1) is 17.3 Å². The van der Waals surface area contributed by atoms with Crippen molar-refractivity contribution in [3.63, 3.8) is 0 Å². The fourth-order valence-corrected chi connectivity index (χ4v) is 3.36. The summed E-state index contributed by atoms with van der Waals surface area (Å²) in [5.74, 6) is 1.26. The topological polar surface area (TPSA) is 41.5 Å². The first-order chi connectivity index (χ1) is 9.59. The van der Waals surface area contributed by atoms with Gasteiger partial charge < -0.3 is 0 Å². The van der Waals surface area contributed by atoms with Crippen molar-refractivity contribution < 1.29 is 4.79 Å². The van der Waals surface area contributed by atoms with Crippen LogP contribution in [0.5, 0.6) is 0 Å². The zero-order valence-electron chi connectivity index (χ0n) is 12.0. The molecule has 1 N–H and O–H groups in total. The van der Waals surface area contributed by atoms with Gasteiger partial charge in [-0.25, -0.2) is 5.43 Å². The number of rotatable bonds is 3. The van der Waals surface area contributed by atoms with Gasteiger partial charge in [0.15, 0.2) is 0 Å². The minimum Gasteiger partial charge on any atom is -0.267 e. The van der Waals surface area contributed by atoms with Gasteiger partial charge in [0.2, 0.25) is 0 Å². The molecule has 0 aliphatic heterocycles. The van der Waals surface area contributed by atoms with E-state index >= 15 is 0 Å². The number of benzene rings is 1. The Morgan fingerprint density at radius 3 is 2.75 bits per heavy atom.